The van der Waals surface area contributed by atoms with Gasteiger partial charge >= 0.3 is 7.12 Å². The van der Waals surface area contributed by atoms with Crippen molar-refractivity contribution in [3.63, 3.8) is 0 Å². The van der Waals surface area contributed by atoms with Gasteiger partial charge in [0.1, 0.15) is 7.14 Å². The Labute approximate surface area is 100 Å². The van der Waals surface area contributed by atoms with Crippen LogP contribution in [0.5, 0.6) is 0 Å². The van der Waals surface area contributed by atoms with Crippen LogP contribution in [0, 0.1) is 0 Å². The number of nitrogens with zero attached hydrogens (tertiary/aromatic N) is 2. The van der Waals surface area contributed by atoms with Gasteiger partial charge in [-0.3, -0.25) is 4.68 Å². The van der Waals surface area contributed by atoms with E-state index >= 15 is 0 Å². The van der Waals surface area contributed by atoms with Gasteiger partial charge in [-0.25, -0.2) is 0 Å². The lowest BCUT2D eigenvalue weighted by molar-refractivity contribution is 0.423. The first-order chi connectivity index (χ1) is 8.03. The summed E-state index contributed by atoms with van der Waals surface area (Å²) in [5.41, 5.74) is 1.55. The molecule has 2 aliphatic carbocycles. The van der Waals surface area contributed by atoms with Crippen LogP contribution in [0.1, 0.15) is 25.7 Å². The Bertz CT molecular complexity index is 478. The molecule has 0 saturated heterocycles. The van der Waals surface area contributed by atoms with Crippen LogP contribution in [0.3, 0.4) is 0 Å². The van der Waals surface area contributed by atoms with Crippen molar-refractivity contribution in [2.24, 2.45) is 7.05 Å². The summed E-state index contributed by atoms with van der Waals surface area (Å²) in [5.74, 6) is 0. The molecule has 5 nitrogen and oxygen atoms in total. The quantitative estimate of drug-likeness (QED) is 0.556. The topological polar surface area (TPSA) is 75.3 Å². The van der Waals surface area contributed by atoms with Crippen molar-refractivity contribution >= 4 is 25.3 Å². The molecule has 0 atom stereocenters. The summed E-state index contributed by atoms with van der Waals surface area (Å²) >= 11 is 0. The number of hydrogen-bond acceptors (Lipinski definition) is 4. The second-order valence-electron chi connectivity index (χ2n) is 5.10. The summed E-state index contributed by atoms with van der Waals surface area (Å²) in [6.07, 6.45) is 4.15. The maximum absolute atomic E-state index is 13.2. The molecule has 2 N–H and O–H groups in total. The summed E-state index contributed by atoms with van der Waals surface area (Å²) in [5, 5.41) is 22.3. The molecule has 0 bridgehead atoms. The molecule has 3 rings (SSSR count). The van der Waals surface area contributed by atoms with Crippen LogP contribution in [0.15, 0.2) is 6.07 Å². The van der Waals surface area contributed by atoms with E-state index in [0.717, 1.165) is 31.1 Å². The van der Waals surface area contributed by atoms with Crippen molar-refractivity contribution in [1.29, 1.82) is 0 Å². The van der Waals surface area contributed by atoms with Crippen molar-refractivity contribution in [3.8, 4) is 0 Å². The predicted molar refractivity (Wildman–Crippen MR) is 66.3 cm³/mol. The van der Waals surface area contributed by atoms with Gasteiger partial charge in [-0.1, -0.05) is 0 Å². The highest BCUT2D eigenvalue weighted by Gasteiger charge is 2.53. The molecule has 0 radical (unpaired) electrons. The Kier molecular flexibility index (Phi) is 2.51. The Morgan fingerprint density at radius 2 is 1.88 bits per heavy atom. The standard InChI is InChI=1S/C10H16BN2O3P/c1-13-10(6-9(12-13)11(14)15)17(16,7-2-3-7)8-4-5-8/h6-8,14-15H,2-5H2,1H3. The van der Waals surface area contributed by atoms with Crippen LogP contribution < -0.4 is 11.0 Å². The molecule has 1 heterocycles. The van der Waals surface area contributed by atoms with Crippen molar-refractivity contribution in [2.75, 3.05) is 0 Å². The van der Waals surface area contributed by atoms with Crippen LogP contribution in [-0.2, 0) is 11.6 Å². The van der Waals surface area contributed by atoms with Gasteiger partial charge < -0.3 is 14.6 Å². The van der Waals surface area contributed by atoms with Gasteiger partial charge in [0, 0.05) is 18.4 Å². The van der Waals surface area contributed by atoms with Gasteiger partial charge in [-0.15, -0.1) is 0 Å². The maximum Gasteiger partial charge on any atom is 0.510 e. The third-order valence-electron chi connectivity index (χ3n) is 3.68. The van der Waals surface area contributed by atoms with Crippen molar-refractivity contribution in [1.82, 2.24) is 9.78 Å². The van der Waals surface area contributed by atoms with Crippen LogP contribution >= 0.6 is 7.14 Å². The molecule has 1 aromatic heterocycles. The summed E-state index contributed by atoms with van der Waals surface area (Å²) < 4.78 is 14.7. The van der Waals surface area contributed by atoms with E-state index in [0.29, 0.717) is 11.3 Å². The Hall–Kier alpha value is -0.575. The number of aromatic nitrogens is 2. The minimum absolute atomic E-state index is 0.198. The highest BCUT2D eigenvalue weighted by Crippen LogP contribution is 2.69. The van der Waals surface area contributed by atoms with Crippen LogP contribution in [-0.4, -0.2) is 38.3 Å². The van der Waals surface area contributed by atoms with Crippen molar-refractivity contribution < 1.29 is 14.6 Å². The smallest absolute Gasteiger partial charge is 0.422 e. The van der Waals surface area contributed by atoms with Gasteiger partial charge in [0.25, 0.3) is 0 Å². The third-order valence-corrected chi connectivity index (χ3v) is 8.01. The fourth-order valence-electron chi connectivity index (χ4n) is 2.52. The number of hydrogen-bond donors (Lipinski definition) is 2. The molecule has 2 aliphatic rings. The van der Waals surface area contributed by atoms with E-state index in [1.54, 1.807) is 17.8 Å². The summed E-state index contributed by atoms with van der Waals surface area (Å²) in [4.78, 5) is 0. The molecule has 17 heavy (non-hydrogen) atoms. The minimum Gasteiger partial charge on any atom is -0.422 e. The molecular weight excluding hydrogens is 238 g/mol. The lowest BCUT2D eigenvalue weighted by atomic mass is 9.87. The molecule has 92 valence electrons. The molecule has 0 spiro atoms. The van der Waals surface area contributed by atoms with Crippen molar-refractivity contribution in [2.45, 2.75) is 37.0 Å². The predicted octanol–water partition coefficient (Wildman–Crippen LogP) is -0.587. The number of aryl methyl sites for hydroxylation is 1. The zero-order valence-electron chi connectivity index (χ0n) is 9.78. The average molecular weight is 254 g/mol. The second-order valence-corrected chi connectivity index (χ2v) is 8.43. The first-order valence-electron chi connectivity index (χ1n) is 6.03. The van der Waals surface area contributed by atoms with E-state index in [1.165, 1.54) is 0 Å². The largest absolute Gasteiger partial charge is 0.510 e. The summed E-state index contributed by atoms with van der Waals surface area (Å²) in [6.45, 7) is 0. The highest BCUT2D eigenvalue weighted by molar-refractivity contribution is 7.73. The van der Waals surface area contributed by atoms with E-state index in [4.69, 9.17) is 10.0 Å². The molecule has 2 saturated carbocycles. The lowest BCUT2D eigenvalue weighted by Gasteiger charge is -2.17. The van der Waals surface area contributed by atoms with E-state index in [-0.39, 0.29) is 5.59 Å². The Balaban J connectivity index is 2.04. The lowest BCUT2D eigenvalue weighted by Crippen LogP contribution is -2.31. The van der Waals surface area contributed by atoms with E-state index in [2.05, 4.69) is 5.10 Å². The molecule has 2 fully saturated rings. The van der Waals surface area contributed by atoms with Gasteiger partial charge in [0.05, 0.1) is 11.0 Å². The van der Waals surface area contributed by atoms with E-state index in [1.807, 2.05) is 0 Å². The SMILES string of the molecule is Cn1nc(B(O)O)cc1P(=O)(C1CC1)C1CC1. The normalized spacial score (nSPS) is 20.6. The van der Waals surface area contributed by atoms with Gasteiger partial charge in [-0.2, -0.15) is 5.10 Å². The molecule has 0 aromatic carbocycles. The zero-order chi connectivity index (χ0) is 12.2. The third kappa shape index (κ3) is 1.79. The fraction of sp³-hybridized carbons (Fsp3) is 0.700. The van der Waals surface area contributed by atoms with Crippen molar-refractivity contribution in [3.05, 3.63) is 6.07 Å². The van der Waals surface area contributed by atoms with Gasteiger partial charge in [0.2, 0.25) is 0 Å². The Morgan fingerprint density at radius 1 is 1.35 bits per heavy atom. The number of rotatable bonds is 4. The molecule has 0 aliphatic heterocycles. The summed E-state index contributed by atoms with van der Waals surface area (Å²) in [6, 6.07) is 1.61. The van der Waals surface area contributed by atoms with Crippen LogP contribution in [0.4, 0.5) is 0 Å². The Morgan fingerprint density at radius 3 is 2.24 bits per heavy atom. The monoisotopic (exact) mass is 254 g/mol. The van der Waals surface area contributed by atoms with Gasteiger partial charge in [-0.05, 0) is 31.7 Å². The zero-order valence-corrected chi connectivity index (χ0v) is 10.7. The minimum atomic E-state index is -2.37. The molecule has 0 amide bonds. The first-order valence-corrected chi connectivity index (χ1v) is 7.88. The highest BCUT2D eigenvalue weighted by atomic mass is 31.2. The van der Waals surface area contributed by atoms with E-state index < -0.39 is 14.3 Å². The maximum atomic E-state index is 13.2. The molecule has 1 aromatic rings. The van der Waals surface area contributed by atoms with Crippen LogP contribution in [0.2, 0.25) is 0 Å². The molecular formula is C10H16BN2O3P. The van der Waals surface area contributed by atoms with Crippen LogP contribution in [0.25, 0.3) is 0 Å². The van der Waals surface area contributed by atoms with E-state index in [9.17, 15) is 4.57 Å². The first kappa shape index (κ1) is 11.5. The summed E-state index contributed by atoms with van der Waals surface area (Å²) in [7, 11) is -2.22. The average Bonchev–Trinajstić information content (AvgIpc) is 3.14. The van der Waals surface area contributed by atoms with Gasteiger partial charge in [0.15, 0.2) is 0 Å². The second kappa shape index (κ2) is 3.71. The molecule has 7 heteroatoms. The fourth-order valence-corrected chi connectivity index (χ4v) is 6.53. The molecule has 0 unspecified atom stereocenters.